The lowest BCUT2D eigenvalue weighted by atomic mass is 10.0. The van der Waals surface area contributed by atoms with Gasteiger partial charge in [0.1, 0.15) is 18.3 Å². The number of methoxy groups -OCH3 is 2. The highest BCUT2D eigenvalue weighted by Gasteiger charge is 2.43. The quantitative estimate of drug-likeness (QED) is 0.304. The lowest BCUT2D eigenvalue weighted by molar-refractivity contribution is -0.325. The maximum atomic E-state index is 10.8. The van der Waals surface area contributed by atoms with Crippen molar-refractivity contribution in [3.63, 3.8) is 0 Å². The number of aliphatic hydroxyl groups is 2. The summed E-state index contributed by atoms with van der Waals surface area (Å²) < 4.78 is 75.6. The zero-order valence-corrected chi connectivity index (χ0v) is 27.6. The van der Waals surface area contributed by atoms with E-state index >= 15 is 0 Å². The molecule has 0 spiro atoms. The Morgan fingerprint density at radius 3 is 1.19 bits per heavy atom. The fraction of sp³-hybridized carbons (Fsp3) is 1.00. The Morgan fingerprint density at radius 2 is 0.787 bits per heavy atom. The maximum absolute atomic E-state index is 10.8. The van der Waals surface area contributed by atoms with Crippen molar-refractivity contribution in [2.75, 3.05) is 53.9 Å². The summed E-state index contributed by atoms with van der Waals surface area (Å²) in [6.07, 6.45) is 1.44. The third-order valence-corrected chi connectivity index (χ3v) is 9.68. The van der Waals surface area contributed by atoms with Crippen molar-refractivity contribution in [1.82, 2.24) is 0 Å². The van der Waals surface area contributed by atoms with Gasteiger partial charge in [-0.3, -0.25) is 0 Å². The second-order valence-corrected chi connectivity index (χ2v) is 13.2. The normalized spacial score (nSPS) is 45.4. The predicted molar refractivity (Wildman–Crippen MR) is 159 cm³/mol. The van der Waals surface area contributed by atoms with Gasteiger partial charge in [-0.25, -0.2) is 0 Å². The molecule has 14 unspecified atom stereocenters. The molecule has 0 saturated carbocycles. The van der Waals surface area contributed by atoms with Crippen LogP contribution in [0.1, 0.15) is 64.2 Å². The van der Waals surface area contributed by atoms with E-state index in [1.54, 1.807) is 14.2 Å². The molecule has 6 fully saturated rings. The van der Waals surface area contributed by atoms with Gasteiger partial charge in [0.2, 0.25) is 0 Å². The Hall–Kier alpha value is -0.600. The summed E-state index contributed by atoms with van der Waals surface area (Å²) in [7, 11) is 3.34. The molecule has 0 aromatic heterocycles. The van der Waals surface area contributed by atoms with Crippen LogP contribution in [-0.4, -0.2) is 151 Å². The van der Waals surface area contributed by atoms with Gasteiger partial charge in [-0.15, -0.1) is 0 Å². The first kappa shape index (κ1) is 36.2. The average molecular weight is 679 g/mol. The van der Waals surface area contributed by atoms with E-state index in [1.807, 2.05) is 0 Å². The standard InChI is InChI=1S/C32H54O15/c1-35-19-3-9-26(38-13-19)44-21-5-10-27(39-15-21)45-22-6-12-29(41-16-22)47-24-18-42-32(31(34)30(24)33)46-23-7-11-28(40-17-23)43-20-4-8-25(36-2)37-14-20/h19-34H,3-18H2,1-2H3. The molecule has 6 aliphatic heterocycles. The molecular formula is C32H54O15. The lowest BCUT2D eigenvalue weighted by Gasteiger charge is -2.41. The van der Waals surface area contributed by atoms with Gasteiger partial charge in [0.25, 0.3) is 0 Å². The van der Waals surface area contributed by atoms with Gasteiger partial charge in [0, 0.05) is 46.3 Å². The van der Waals surface area contributed by atoms with Gasteiger partial charge in [-0.05, 0) is 32.1 Å². The van der Waals surface area contributed by atoms with Crippen LogP contribution in [0.15, 0.2) is 0 Å². The zero-order valence-electron chi connectivity index (χ0n) is 27.6. The Labute approximate surface area is 276 Å². The molecule has 2 N–H and O–H groups in total. The highest BCUT2D eigenvalue weighted by Crippen LogP contribution is 2.29. The van der Waals surface area contributed by atoms with Crippen molar-refractivity contribution in [3.8, 4) is 0 Å². The molecule has 0 aromatic rings. The molecule has 14 atom stereocenters. The van der Waals surface area contributed by atoms with Crippen LogP contribution in [0.4, 0.5) is 0 Å². The van der Waals surface area contributed by atoms with Crippen LogP contribution < -0.4 is 0 Å². The average Bonchev–Trinajstić information content (AvgIpc) is 3.11. The van der Waals surface area contributed by atoms with Gasteiger partial charge < -0.3 is 71.8 Å². The van der Waals surface area contributed by atoms with Gasteiger partial charge in [-0.1, -0.05) is 0 Å². The summed E-state index contributed by atoms with van der Waals surface area (Å²) in [6, 6.07) is 0. The van der Waals surface area contributed by atoms with Crippen molar-refractivity contribution in [1.29, 1.82) is 0 Å². The van der Waals surface area contributed by atoms with E-state index in [9.17, 15) is 10.2 Å². The first-order valence-electron chi connectivity index (χ1n) is 17.3. The van der Waals surface area contributed by atoms with Crippen LogP contribution in [0.25, 0.3) is 0 Å². The molecule has 272 valence electrons. The Morgan fingerprint density at radius 1 is 0.383 bits per heavy atom. The molecule has 0 aliphatic carbocycles. The van der Waals surface area contributed by atoms with E-state index in [2.05, 4.69) is 0 Å². The van der Waals surface area contributed by atoms with Gasteiger partial charge in [0.15, 0.2) is 37.7 Å². The van der Waals surface area contributed by atoms with E-state index < -0.39 is 30.9 Å². The maximum Gasteiger partial charge on any atom is 0.186 e. The Kier molecular flexibility index (Phi) is 13.9. The molecule has 15 nitrogen and oxygen atoms in total. The molecule has 0 amide bonds. The second-order valence-electron chi connectivity index (χ2n) is 13.2. The van der Waals surface area contributed by atoms with Crippen molar-refractivity contribution < 1.29 is 71.8 Å². The summed E-state index contributed by atoms with van der Waals surface area (Å²) in [5.74, 6) is 0. The van der Waals surface area contributed by atoms with Crippen molar-refractivity contribution in [3.05, 3.63) is 0 Å². The van der Waals surface area contributed by atoms with E-state index in [0.29, 0.717) is 58.7 Å². The van der Waals surface area contributed by atoms with Gasteiger partial charge >= 0.3 is 0 Å². The molecule has 6 heterocycles. The number of hydrogen-bond donors (Lipinski definition) is 2. The first-order chi connectivity index (χ1) is 22.9. The fourth-order valence-corrected chi connectivity index (χ4v) is 6.78. The van der Waals surface area contributed by atoms with E-state index in [-0.39, 0.29) is 62.3 Å². The van der Waals surface area contributed by atoms with E-state index in [0.717, 1.165) is 38.5 Å². The number of rotatable bonds is 12. The highest BCUT2D eigenvalue weighted by atomic mass is 16.8. The Bertz CT molecular complexity index is 876. The van der Waals surface area contributed by atoms with E-state index in [4.69, 9.17) is 61.6 Å². The highest BCUT2D eigenvalue weighted by molar-refractivity contribution is 4.86. The monoisotopic (exact) mass is 678 g/mol. The molecule has 0 radical (unpaired) electrons. The minimum Gasteiger partial charge on any atom is -0.387 e. The fourth-order valence-electron chi connectivity index (χ4n) is 6.78. The smallest absolute Gasteiger partial charge is 0.186 e. The molecule has 15 heteroatoms. The molecule has 6 aliphatic rings. The van der Waals surface area contributed by atoms with Crippen LogP contribution in [0.5, 0.6) is 0 Å². The van der Waals surface area contributed by atoms with Crippen LogP contribution in [0.2, 0.25) is 0 Å². The topological polar surface area (TPSA) is 160 Å². The van der Waals surface area contributed by atoms with Crippen LogP contribution >= 0.6 is 0 Å². The summed E-state index contributed by atoms with van der Waals surface area (Å²) >= 11 is 0. The summed E-state index contributed by atoms with van der Waals surface area (Å²) in [5.41, 5.74) is 0. The van der Waals surface area contributed by atoms with Gasteiger partial charge in [0.05, 0.1) is 70.2 Å². The molecule has 6 saturated heterocycles. The predicted octanol–water partition coefficient (Wildman–Crippen LogP) is 1.33. The van der Waals surface area contributed by atoms with Gasteiger partial charge in [-0.2, -0.15) is 0 Å². The minimum atomic E-state index is -1.28. The molecule has 47 heavy (non-hydrogen) atoms. The molecule has 0 aromatic carbocycles. The van der Waals surface area contributed by atoms with E-state index in [1.165, 1.54) is 0 Å². The van der Waals surface area contributed by atoms with Crippen LogP contribution in [-0.2, 0) is 61.6 Å². The number of ether oxygens (including phenoxy) is 13. The summed E-state index contributed by atoms with van der Waals surface area (Å²) in [5, 5.41) is 21.6. The van der Waals surface area contributed by atoms with Crippen molar-refractivity contribution in [2.24, 2.45) is 0 Å². The van der Waals surface area contributed by atoms with Crippen LogP contribution in [0, 0.1) is 0 Å². The third kappa shape index (κ3) is 10.5. The number of hydrogen-bond acceptors (Lipinski definition) is 15. The molecule has 6 rings (SSSR count). The van der Waals surface area contributed by atoms with Crippen molar-refractivity contribution in [2.45, 2.75) is 151 Å². The zero-order chi connectivity index (χ0) is 32.6. The van der Waals surface area contributed by atoms with Crippen LogP contribution in [0.3, 0.4) is 0 Å². The summed E-state index contributed by atoms with van der Waals surface area (Å²) in [6.45, 7) is 2.18. The molecule has 0 bridgehead atoms. The molecular weight excluding hydrogens is 624 g/mol. The largest absolute Gasteiger partial charge is 0.387 e. The second kappa shape index (κ2) is 18.1. The van der Waals surface area contributed by atoms with Crippen molar-refractivity contribution >= 4 is 0 Å². The summed E-state index contributed by atoms with van der Waals surface area (Å²) in [4.78, 5) is 0. The Balaban J connectivity index is 0.823. The third-order valence-electron chi connectivity index (χ3n) is 9.68. The lowest BCUT2D eigenvalue weighted by Crippen LogP contribution is -2.57. The number of aliphatic hydroxyl groups excluding tert-OH is 2. The minimum absolute atomic E-state index is 0.0147. The first-order valence-corrected chi connectivity index (χ1v) is 17.3. The SMILES string of the molecule is COC1CCC(OC2CCC(OC3CCC(OC4COC(OC5CCC(OC6CCC(OC)OC6)OC5)C(O)C4O)OC3)OC2)OC1.